The van der Waals surface area contributed by atoms with Crippen LogP contribution in [-0.4, -0.2) is 38.9 Å². The fraction of sp³-hybridized carbons (Fsp3) is 0.409. The van der Waals surface area contributed by atoms with Crippen LogP contribution >= 0.6 is 0 Å². The molecule has 0 spiro atoms. The van der Waals surface area contributed by atoms with E-state index in [4.69, 9.17) is 9.47 Å². The lowest BCUT2D eigenvalue weighted by atomic mass is 10.2. The van der Waals surface area contributed by atoms with Crippen molar-refractivity contribution in [1.82, 2.24) is 0 Å². The van der Waals surface area contributed by atoms with Crippen LogP contribution in [0.2, 0.25) is 0 Å². The smallest absolute Gasteiger partial charge is 0.323 e. The van der Waals surface area contributed by atoms with Crippen molar-refractivity contribution >= 4 is 23.1 Å². The van der Waals surface area contributed by atoms with Gasteiger partial charge in [-0.25, -0.2) is 4.79 Å². The Morgan fingerprint density at radius 1 is 1.07 bits per heavy atom. The Balaban J connectivity index is 1.48. The van der Waals surface area contributed by atoms with Crippen molar-refractivity contribution in [1.29, 1.82) is 0 Å². The number of rotatable bonds is 8. The number of ether oxygens (including phenoxy) is 2. The third kappa shape index (κ3) is 5.63. The molecule has 0 radical (unpaired) electrons. The summed E-state index contributed by atoms with van der Waals surface area (Å²) in [5, 5.41) is 5.70. The van der Waals surface area contributed by atoms with Gasteiger partial charge in [0, 0.05) is 37.3 Å². The number of nitrogens with zero attached hydrogens (tertiary/aromatic N) is 1. The Morgan fingerprint density at radius 3 is 2.29 bits per heavy atom. The van der Waals surface area contributed by atoms with E-state index in [9.17, 15) is 4.79 Å². The molecule has 1 aliphatic heterocycles. The van der Waals surface area contributed by atoms with Gasteiger partial charge in [0.05, 0.1) is 12.7 Å². The lowest BCUT2D eigenvalue weighted by Gasteiger charge is -2.18. The SMILES string of the molecule is CCCCOc1ccc(NC(=O)Nc2ccc(N3CCC(OC)C3)cc2)cc1. The first kappa shape index (κ1) is 20.0. The van der Waals surface area contributed by atoms with E-state index in [0.29, 0.717) is 12.7 Å². The lowest BCUT2D eigenvalue weighted by Crippen LogP contribution is -2.22. The largest absolute Gasteiger partial charge is 0.494 e. The van der Waals surface area contributed by atoms with Crippen LogP contribution in [0.5, 0.6) is 5.75 Å². The summed E-state index contributed by atoms with van der Waals surface area (Å²) in [7, 11) is 1.76. The van der Waals surface area contributed by atoms with Gasteiger partial charge in [-0.05, 0) is 61.4 Å². The summed E-state index contributed by atoms with van der Waals surface area (Å²) in [5.41, 5.74) is 2.62. The monoisotopic (exact) mass is 383 g/mol. The van der Waals surface area contributed by atoms with Crippen LogP contribution < -0.4 is 20.3 Å². The Hall–Kier alpha value is -2.73. The quantitative estimate of drug-likeness (QED) is 0.647. The molecule has 150 valence electrons. The van der Waals surface area contributed by atoms with Crippen molar-refractivity contribution in [3.63, 3.8) is 0 Å². The summed E-state index contributed by atoms with van der Waals surface area (Å²) >= 11 is 0. The van der Waals surface area contributed by atoms with Gasteiger partial charge in [-0.15, -0.1) is 0 Å². The molecule has 28 heavy (non-hydrogen) atoms. The van der Waals surface area contributed by atoms with E-state index >= 15 is 0 Å². The minimum Gasteiger partial charge on any atom is -0.494 e. The fourth-order valence-corrected chi connectivity index (χ4v) is 3.17. The molecule has 0 aliphatic carbocycles. The number of amides is 2. The van der Waals surface area contributed by atoms with Crippen LogP contribution in [-0.2, 0) is 4.74 Å². The molecule has 2 N–H and O–H groups in total. The van der Waals surface area contributed by atoms with E-state index in [1.54, 1.807) is 7.11 Å². The molecule has 0 bridgehead atoms. The normalized spacial score (nSPS) is 16.1. The van der Waals surface area contributed by atoms with Crippen LogP contribution in [0.25, 0.3) is 0 Å². The average molecular weight is 383 g/mol. The molecule has 1 fully saturated rings. The number of anilines is 3. The number of urea groups is 1. The van der Waals surface area contributed by atoms with Gasteiger partial charge in [0.15, 0.2) is 0 Å². The highest BCUT2D eigenvalue weighted by Gasteiger charge is 2.22. The van der Waals surface area contributed by atoms with Gasteiger partial charge in [0.25, 0.3) is 0 Å². The van der Waals surface area contributed by atoms with Crippen molar-refractivity contribution in [3.05, 3.63) is 48.5 Å². The number of carbonyl (C=O) groups excluding carboxylic acids is 1. The maximum absolute atomic E-state index is 12.2. The number of carbonyl (C=O) groups is 1. The third-order valence-electron chi connectivity index (χ3n) is 4.85. The lowest BCUT2D eigenvalue weighted by molar-refractivity contribution is 0.121. The van der Waals surface area contributed by atoms with Crippen molar-refractivity contribution in [2.75, 3.05) is 42.3 Å². The second-order valence-corrected chi connectivity index (χ2v) is 6.94. The predicted molar refractivity (Wildman–Crippen MR) is 114 cm³/mol. The zero-order chi connectivity index (χ0) is 19.8. The van der Waals surface area contributed by atoms with Crippen LogP contribution in [0, 0.1) is 0 Å². The Labute approximate surface area is 166 Å². The van der Waals surface area contributed by atoms with Crippen LogP contribution in [0.1, 0.15) is 26.2 Å². The molecule has 1 heterocycles. The summed E-state index contributed by atoms with van der Waals surface area (Å²) in [5.74, 6) is 0.813. The van der Waals surface area contributed by atoms with Gasteiger partial charge in [-0.3, -0.25) is 0 Å². The van der Waals surface area contributed by atoms with Crippen molar-refractivity contribution < 1.29 is 14.3 Å². The Bertz CT molecular complexity index is 747. The van der Waals surface area contributed by atoms with Crippen molar-refractivity contribution in [2.24, 2.45) is 0 Å². The molecular weight excluding hydrogens is 354 g/mol. The number of methoxy groups -OCH3 is 1. The van der Waals surface area contributed by atoms with Gasteiger partial charge in [0.1, 0.15) is 5.75 Å². The molecule has 0 saturated carbocycles. The first-order chi connectivity index (χ1) is 13.7. The standard InChI is InChI=1S/C22H29N3O3/c1-3-4-15-28-20-11-7-18(8-12-20)24-22(26)23-17-5-9-19(10-6-17)25-14-13-21(16-25)27-2/h5-12,21H,3-4,13-16H2,1-2H3,(H2,23,24,26). The van der Waals surface area contributed by atoms with Gasteiger partial charge in [-0.2, -0.15) is 0 Å². The predicted octanol–water partition coefficient (Wildman–Crippen LogP) is 4.73. The highest BCUT2D eigenvalue weighted by atomic mass is 16.5. The minimum absolute atomic E-state index is 0.270. The maximum atomic E-state index is 12.2. The number of hydrogen-bond donors (Lipinski definition) is 2. The molecule has 2 aromatic rings. The molecular formula is C22H29N3O3. The third-order valence-corrected chi connectivity index (χ3v) is 4.85. The topological polar surface area (TPSA) is 62.8 Å². The summed E-state index contributed by atoms with van der Waals surface area (Å²) in [6.07, 6.45) is 3.48. The molecule has 6 nitrogen and oxygen atoms in total. The molecule has 2 aromatic carbocycles. The van der Waals surface area contributed by atoms with Gasteiger partial charge < -0.3 is 25.0 Å². The van der Waals surface area contributed by atoms with E-state index in [-0.39, 0.29) is 6.03 Å². The number of benzene rings is 2. The van der Waals surface area contributed by atoms with E-state index in [0.717, 1.165) is 55.2 Å². The van der Waals surface area contributed by atoms with Gasteiger partial charge in [0.2, 0.25) is 0 Å². The zero-order valence-electron chi connectivity index (χ0n) is 16.6. The van der Waals surface area contributed by atoms with E-state index in [2.05, 4.69) is 22.5 Å². The summed E-state index contributed by atoms with van der Waals surface area (Å²) in [6, 6.07) is 15.0. The first-order valence-electron chi connectivity index (χ1n) is 9.86. The molecule has 1 atom stereocenters. The Morgan fingerprint density at radius 2 is 1.71 bits per heavy atom. The van der Waals surface area contributed by atoms with Crippen molar-refractivity contribution in [2.45, 2.75) is 32.3 Å². The summed E-state index contributed by atoms with van der Waals surface area (Å²) in [6.45, 7) is 4.74. The highest BCUT2D eigenvalue weighted by Crippen LogP contribution is 2.23. The second kappa shape index (κ2) is 9.99. The number of unbranched alkanes of at least 4 members (excludes halogenated alkanes) is 1. The summed E-state index contributed by atoms with van der Waals surface area (Å²) < 4.78 is 11.0. The number of hydrogen-bond acceptors (Lipinski definition) is 4. The van der Waals surface area contributed by atoms with Crippen LogP contribution in [0.15, 0.2) is 48.5 Å². The average Bonchev–Trinajstić information content (AvgIpc) is 3.19. The summed E-state index contributed by atoms with van der Waals surface area (Å²) in [4.78, 5) is 14.5. The number of nitrogens with one attached hydrogen (secondary N) is 2. The van der Waals surface area contributed by atoms with Crippen LogP contribution in [0.3, 0.4) is 0 Å². The van der Waals surface area contributed by atoms with Crippen molar-refractivity contribution in [3.8, 4) is 5.75 Å². The molecule has 1 saturated heterocycles. The zero-order valence-corrected chi connectivity index (χ0v) is 16.6. The van der Waals surface area contributed by atoms with E-state index in [1.165, 1.54) is 0 Å². The van der Waals surface area contributed by atoms with E-state index in [1.807, 2.05) is 48.5 Å². The molecule has 6 heteroatoms. The first-order valence-corrected chi connectivity index (χ1v) is 9.86. The van der Waals surface area contributed by atoms with E-state index < -0.39 is 0 Å². The molecule has 1 unspecified atom stereocenters. The molecule has 1 aliphatic rings. The molecule has 0 aromatic heterocycles. The van der Waals surface area contributed by atoms with Crippen LogP contribution in [0.4, 0.5) is 21.9 Å². The highest BCUT2D eigenvalue weighted by molar-refractivity contribution is 5.99. The second-order valence-electron chi connectivity index (χ2n) is 6.94. The Kier molecular flexibility index (Phi) is 7.14. The maximum Gasteiger partial charge on any atom is 0.323 e. The van der Waals surface area contributed by atoms with Gasteiger partial charge in [-0.1, -0.05) is 13.3 Å². The molecule has 2 amide bonds. The van der Waals surface area contributed by atoms with Gasteiger partial charge >= 0.3 is 6.03 Å². The fourth-order valence-electron chi connectivity index (χ4n) is 3.17. The minimum atomic E-state index is -0.270. The molecule has 3 rings (SSSR count).